The van der Waals surface area contributed by atoms with E-state index >= 15 is 0 Å². The average molecular weight is 954 g/mol. The van der Waals surface area contributed by atoms with E-state index in [1.165, 1.54) is 0 Å². The van der Waals surface area contributed by atoms with Gasteiger partial charge in [0.1, 0.15) is 18.0 Å². The number of carbonyl (C=O) groups is 1. The molecular formula is C52H84O8SSi3. The fraction of sp³-hybridized carbons (Fsp3) is 0.635. The lowest BCUT2D eigenvalue weighted by Crippen LogP contribution is -2.59. The first-order valence-electron chi connectivity index (χ1n) is 23.3. The number of rotatable bonds is 19. The first-order valence-corrected chi connectivity index (χ1v) is 33.0. The molecule has 1 aliphatic heterocycles. The SMILES string of the molecule is COc1ccc([C@@H]2O[C@H](C[C@@H](O[Si](C)(C)C(C)(C)C)[C@@H](C)O[Si](C)(C)C(C)(C)C)C[C@H]([C@H](O[Si](C)(C)C(C)(C)C)[C@H](OC(=O)c3ccccc3)C(C)(C)CSc3ccccc3)O2)cc1. The molecule has 3 aromatic carbocycles. The number of hydrogen-bond acceptors (Lipinski definition) is 9. The van der Waals surface area contributed by atoms with Crippen LogP contribution < -0.4 is 4.74 Å². The van der Waals surface area contributed by atoms with Crippen LogP contribution in [0.3, 0.4) is 0 Å². The second kappa shape index (κ2) is 21.4. The fourth-order valence-electron chi connectivity index (χ4n) is 7.03. The van der Waals surface area contributed by atoms with Crippen molar-refractivity contribution in [3.8, 4) is 5.75 Å². The summed E-state index contributed by atoms with van der Waals surface area (Å²) in [4.78, 5) is 15.5. The average Bonchev–Trinajstić information content (AvgIpc) is 3.20. The molecule has 0 amide bonds. The zero-order valence-electron chi connectivity index (χ0n) is 42.9. The third-order valence-electron chi connectivity index (χ3n) is 14.3. The van der Waals surface area contributed by atoms with Crippen LogP contribution in [0.1, 0.15) is 118 Å². The van der Waals surface area contributed by atoms with E-state index in [0.717, 1.165) is 16.2 Å². The Morgan fingerprint density at radius 2 is 1.19 bits per heavy atom. The third-order valence-corrected chi connectivity index (χ3v) is 29.4. The number of thioether (sulfide) groups is 1. The molecule has 1 aliphatic rings. The Morgan fingerprint density at radius 1 is 0.688 bits per heavy atom. The Bertz CT molecular complexity index is 1900. The Morgan fingerprint density at radius 3 is 1.70 bits per heavy atom. The summed E-state index contributed by atoms with van der Waals surface area (Å²) in [5, 5.41) is -0.149. The topological polar surface area (TPSA) is 81.7 Å². The van der Waals surface area contributed by atoms with Crippen molar-refractivity contribution in [2.75, 3.05) is 12.9 Å². The molecule has 0 radical (unpaired) electrons. The van der Waals surface area contributed by atoms with Crippen molar-refractivity contribution in [3.05, 3.63) is 96.1 Å². The Balaban J connectivity index is 1.90. The van der Waals surface area contributed by atoms with Crippen LogP contribution >= 0.6 is 11.8 Å². The normalized spacial score (nSPS) is 20.3. The highest BCUT2D eigenvalue weighted by molar-refractivity contribution is 7.99. The second-order valence-electron chi connectivity index (χ2n) is 23.1. The van der Waals surface area contributed by atoms with Crippen molar-refractivity contribution in [2.24, 2.45) is 5.41 Å². The van der Waals surface area contributed by atoms with E-state index < -0.39 is 55.0 Å². The molecule has 4 rings (SSSR count). The number of esters is 1. The van der Waals surface area contributed by atoms with Crippen LogP contribution in [0, 0.1) is 5.41 Å². The predicted octanol–water partition coefficient (Wildman–Crippen LogP) is 14.5. The highest BCUT2D eigenvalue weighted by Crippen LogP contribution is 2.46. The molecule has 0 spiro atoms. The molecule has 0 unspecified atom stereocenters. The minimum Gasteiger partial charge on any atom is -0.497 e. The van der Waals surface area contributed by atoms with Gasteiger partial charge in [-0.2, -0.15) is 0 Å². The van der Waals surface area contributed by atoms with Gasteiger partial charge in [0.2, 0.25) is 0 Å². The van der Waals surface area contributed by atoms with Gasteiger partial charge in [0.15, 0.2) is 31.2 Å². The van der Waals surface area contributed by atoms with Crippen molar-refractivity contribution < 1.29 is 37.0 Å². The Hall–Kier alpha value is -2.27. The molecule has 358 valence electrons. The maximum Gasteiger partial charge on any atom is 0.338 e. The number of hydrogen-bond donors (Lipinski definition) is 0. The molecule has 64 heavy (non-hydrogen) atoms. The van der Waals surface area contributed by atoms with Crippen molar-refractivity contribution >= 4 is 42.7 Å². The van der Waals surface area contributed by atoms with Gasteiger partial charge in [-0.15, -0.1) is 11.8 Å². The molecule has 0 bridgehead atoms. The highest BCUT2D eigenvalue weighted by Gasteiger charge is 2.52. The lowest BCUT2D eigenvalue weighted by Gasteiger charge is -2.50. The molecule has 1 heterocycles. The van der Waals surface area contributed by atoms with E-state index in [0.29, 0.717) is 24.2 Å². The van der Waals surface area contributed by atoms with Gasteiger partial charge in [-0.3, -0.25) is 0 Å². The van der Waals surface area contributed by atoms with Gasteiger partial charge in [-0.1, -0.05) is 125 Å². The molecule has 1 saturated heterocycles. The fourth-order valence-corrected chi connectivity index (χ4v) is 12.2. The minimum absolute atomic E-state index is 0.0199. The lowest BCUT2D eigenvalue weighted by molar-refractivity contribution is -0.277. The summed E-state index contributed by atoms with van der Waals surface area (Å²) in [5.41, 5.74) is 0.781. The van der Waals surface area contributed by atoms with Crippen LogP contribution in [0.5, 0.6) is 5.75 Å². The molecule has 0 N–H and O–H groups in total. The van der Waals surface area contributed by atoms with Crippen LogP contribution in [-0.4, -0.2) is 80.4 Å². The first-order chi connectivity index (χ1) is 29.4. The Kier molecular flexibility index (Phi) is 18.1. The summed E-state index contributed by atoms with van der Waals surface area (Å²) < 4.78 is 48.9. The van der Waals surface area contributed by atoms with Gasteiger partial charge in [0, 0.05) is 34.5 Å². The standard InChI is InChI=1S/C52H84O8SSi3/c1-37(58-62(14,15)49(2,3)4)43(59-63(16,17)50(5,6)7)34-41-35-44(56-48(55-41)39-30-32-40(54-13)33-31-39)45(60-64(18,19)51(8,9)10)46(57-47(53)38-26-22-20-23-27-38)52(11,12)36-61-42-28-24-21-25-29-42/h20-33,37,41,43-46,48H,34-36H2,1-19H3/t37-,41-,43-,44-,45+,46+,48-/m1/s1. The minimum atomic E-state index is -2.56. The zero-order chi connectivity index (χ0) is 48.1. The highest BCUT2D eigenvalue weighted by atomic mass is 32.2. The molecule has 1 fully saturated rings. The van der Waals surface area contributed by atoms with E-state index in [4.69, 9.17) is 32.2 Å². The maximum atomic E-state index is 14.4. The second-order valence-corrected chi connectivity index (χ2v) is 38.5. The van der Waals surface area contributed by atoms with Crippen LogP contribution in [-0.2, 0) is 27.5 Å². The molecule has 0 aliphatic carbocycles. The molecule has 0 aromatic heterocycles. The van der Waals surface area contributed by atoms with Gasteiger partial charge >= 0.3 is 5.97 Å². The van der Waals surface area contributed by atoms with Crippen LogP contribution in [0.25, 0.3) is 0 Å². The summed E-state index contributed by atoms with van der Waals surface area (Å²) in [5.74, 6) is 1.03. The van der Waals surface area contributed by atoms with Gasteiger partial charge in [0.25, 0.3) is 0 Å². The van der Waals surface area contributed by atoms with Crippen molar-refractivity contribution in [1.29, 1.82) is 0 Å². The molecule has 7 atom stereocenters. The largest absolute Gasteiger partial charge is 0.497 e. The van der Waals surface area contributed by atoms with E-state index in [1.54, 1.807) is 18.9 Å². The monoisotopic (exact) mass is 953 g/mol. The number of ether oxygens (including phenoxy) is 4. The Labute approximate surface area is 396 Å². The quantitative estimate of drug-likeness (QED) is 0.0663. The van der Waals surface area contributed by atoms with Crippen molar-refractivity contribution in [2.45, 2.75) is 198 Å². The van der Waals surface area contributed by atoms with E-state index in [9.17, 15) is 4.79 Å². The van der Waals surface area contributed by atoms with Crippen molar-refractivity contribution in [1.82, 2.24) is 0 Å². The van der Waals surface area contributed by atoms with Gasteiger partial charge in [-0.25, -0.2) is 4.79 Å². The predicted molar refractivity (Wildman–Crippen MR) is 273 cm³/mol. The molecular weight excluding hydrogens is 869 g/mol. The molecule has 12 heteroatoms. The molecule has 3 aromatic rings. The molecule has 8 nitrogen and oxygen atoms in total. The molecule has 0 saturated carbocycles. The van der Waals surface area contributed by atoms with E-state index in [2.05, 4.69) is 147 Å². The summed E-state index contributed by atoms with van der Waals surface area (Å²) in [6.07, 6.45) is -2.28. The van der Waals surface area contributed by atoms with Gasteiger partial charge < -0.3 is 32.2 Å². The van der Waals surface area contributed by atoms with E-state index in [-0.39, 0.29) is 39.4 Å². The lowest BCUT2D eigenvalue weighted by atomic mass is 9.82. The van der Waals surface area contributed by atoms with Crippen molar-refractivity contribution in [3.63, 3.8) is 0 Å². The summed E-state index contributed by atoms with van der Waals surface area (Å²) in [6, 6.07) is 27.6. The zero-order valence-corrected chi connectivity index (χ0v) is 46.7. The van der Waals surface area contributed by atoms with Gasteiger partial charge in [-0.05, 0) is 97.7 Å². The first kappa shape index (κ1) is 54.3. The summed E-state index contributed by atoms with van der Waals surface area (Å²) >= 11 is 1.76. The third kappa shape index (κ3) is 14.4. The van der Waals surface area contributed by atoms with Crippen LogP contribution in [0.4, 0.5) is 0 Å². The summed E-state index contributed by atoms with van der Waals surface area (Å²) in [6.45, 7) is 40.8. The maximum absolute atomic E-state index is 14.4. The van der Waals surface area contributed by atoms with Crippen LogP contribution in [0.15, 0.2) is 89.8 Å². The van der Waals surface area contributed by atoms with E-state index in [1.807, 2.05) is 60.7 Å². The smallest absolute Gasteiger partial charge is 0.338 e. The number of carbonyl (C=O) groups excluding carboxylic acids is 1. The van der Waals surface area contributed by atoms with Crippen LogP contribution in [0.2, 0.25) is 54.4 Å². The number of benzene rings is 3. The number of methoxy groups -OCH3 is 1. The summed E-state index contributed by atoms with van der Waals surface area (Å²) in [7, 11) is -5.38. The van der Waals surface area contributed by atoms with Gasteiger partial charge in [0.05, 0.1) is 37.1 Å².